The standard InChI is InChI=1S/C13H23N5O/c1-17-8-10(7-16-17)12(6-14)18(9-13(15)19)11-4-2-3-5-11/h7-8,11-12H,2-6,9,14H2,1H3,(H2,15,19). The second-order valence-electron chi connectivity index (χ2n) is 5.28. The summed E-state index contributed by atoms with van der Waals surface area (Å²) in [4.78, 5) is 13.5. The minimum atomic E-state index is -0.297. The van der Waals surface area contributed by atoms with Crippen molar-refractivity contribution in [3.05, 3.63) is 18.0 Å². The Morgan fingerprint density at radius 2 is 2.26 bits per heavy atom. The first-order chi connectivity index (χ1) is 9.11. The van der Waals surface area contributed by atoms with Crippen molar-refractivity contribution in [1.29, 1.82) is 0 Å². The van der Waals surface area contributed by atoms with Crippen molar-refractivity contribution in [3.8, 4) is 0 Å². The second-order valence-corrected chi connectivity index (χ2v) is 5.28. The number of hydrogen-bond acceptors (Lipinski definition) is 4. The van der Waals surface area contributed by atoms with Gasteiger partial charge in [0.25, 0.3) is 0 Å². The fourth-order valence-electron chi connectivity index (χ4n) is 2.98. The first kappa shape index (κ1) is 14.0. The van der Waals surface area contributed by atoms with E-state index in [1.54, 1.807) is 4.68 Å². The Bertz CT molecular complexity index is 424. The van der Waals surface area contributed by atoms with Gasteiger partial charge in [-0.25, -0.2) is 0 Å². The number of primary amides is 1. The monoisotopic (exact) mass is 265 g/mol. The van der Waals surface area contributed by atoms with Crippen LogP contribution in [-0.2, 0) is 11.8 Å². The van der Waals surface area contributed by atoms with Gasteiger partial charge in [0.15, 0.2) is 0 Å². The number of hydrogen-bond donors (Lipinski definition) is 2. The van der Waals surface area contributed by atoms with Gasteiger partial charge >= 0.3 is 0 Å². The minimum absolute atomic E-state index is 0.0179. The third-order valence-electron chi connectivity index (χ3n) is 3.87. The van der Waals surface area contributed by atoms with Crippen LogP contribution in [0.4, 0.5) is 0 Å². The van der Waals surface area contributed by atoms with Crippen molar-refractivity contribution in [2.24, 2.45) is 18.5 Å². The number of aromatic nitrogens is 2. The molecule has 6 heteroatoms. The van der Waals surface area contributed by atoms with Crippen molar-refractivity contribution in [2.45, 2.75) is 37.8 Å². The lowest BCUT2D eigenvalue weighted by molar-refractivity contribution is -0.120. The molecule has 1 aliphatic carbocycles. The zero-order chi connectivity index (χ0) is 13.8. The molecule has 1 unspecified atom stereocenters. The van der Waals surface area contributed by atoms with Gasteiger partial charge < -0.3 is 11.5 Å². The molecule has 1 fully saturated rings. The Hall–Kier alpha value is -1.40. The number of amides is 1. The number of carbonyl (C=O) groups excluding carboxylic acids is 1. The smallest absolute Gasteiger partial charge is 0.231 e. The van der Waals surface area contributed by atoms with E-state index in [1.807, 2.05) is 19.4 Å². The van der Waals surface area contributed by atoms with Gasteiger partial charge in [-0.05, 0) is 12.8 Å². The SMILES string of the molecule is Cn1cc(C(CN)N(CC(N)=O)C2CCCC2)cn1. The summed E-state index contributed by atoms with van der Waals surface area (Å²) in [6.07, 6.45) is 8.43. The highest BCUT2D eigenvalue weighted by atomic mass is 16.1. The van der Waals surface area contributed by atoms with Gasteiger partial charge in [-0.2, -0.15) is 5.10 Å². The van der Waals surface area contributed by atoms with Gasteiger partial charge in [-0.15, -0.1) is 0 Å². The van der Waals surface area contributed by atoms with Crippen LogP contribution in [0, 0.1) is 0 Å². The van der Waals surface area contributed by atoms with Gasteiger partial charge in [-0.3, -0.25) is 14.4 Å². The van der Waals surface area contributed by atoms with Crippen LogP contribution in [0.2, 0.25) is 0 Å². The van der Waals surface area contributed by atoms with Crippen LogP contribution in [0.3, 0.4) is 0 Å². The molecule has 0 saturated heterocycles. The van der Waals surface area contributed by atoms with Crippen LogP contribution >= 0.6 is 0 Å². The molecule has 1 amide bonds. The van der Waals surface area contributed by atoms with E-state index in [4.69, 9.17) is 11.5 Å². The number of nitrogens with two attached hydrogens (primary N) is 2. The molecule has 6 nitrogen and oxygen atoms in total. The largest absolute Gasteiger partial charge is 0.369 e. The van der Waals surface area contributed by atoms with Gasteiger partial charge in [0.1, 0.15) is 0 Å². The van der Waals surface area contributed by atoms with Crippen LogP contribution in [0.5, 0.6) is 0 Å². The Labute approximate surface area is 113 Å². The molecular weight excluding hydrogens is 242 g/mol. The highest BCUT2D eigenvalue weighted by Gasteiger charge is 2.30. The van der Waals surface area contributed by atoms with Gasteiger partial charge in [0.2, 0.25) is 5.91 Å². The first-order valence-electron chi connectivity index (χ1n) is 6.84. The predicted octanol–water partition coefficient (Wildman–Crippen LogP) is 0.150. The van der Waals surface area contributed by atoms with E-state index >= 15 is 0 Å². The van der Waals surface area contributed by atoms with Crippen LogP contribution in [0.15, 0.2) is 12.4 Å². The Balaban J connectivity index is 2.20. The highest BCUT2D eigenvalue weighted by Crippen LogP contribution is 2.30. The van der Waals surface area contributed by atoms with Crippen molar-refractivity contribution in [2.75, 3.05) is 13.1 Å². The van der Waals surface area contributed by atoms with Crippen LogP contribution in [0.1, 0.15) is 37.3 Å². The summed E-state index contributed by atoms with van der Waals surface area (Å²) in [5, 5.41) is 4.19. The van der Waals surface area contributed by atoms with E-state index < -0.39 is 0 Å². The third kappa shape index (κ3) is 3.33. The van der Waals surface area contributed by atoms with E-state index in [1.165, 1.54) is 12.8 Å². The average molecular weight is 265 g/mol. The lowest BCUT2D eigenvalue weighted by atomic mass is 10.1. The molecule has 1 heterocycles. The molecule has 0 radical (unpaired) electrons. The number of rotatable bonds is 6. The van der Waals surface area contributed by atoms with Crippen LogP contribution in [0.25, 0.3) is 0 Å². The quantitative estimate of drug-likeness (QED) is 0.766. The maximum Gasteiger partial charge on any atom is 0.231 e. The van der Waals surface area contributed by atoms with Crippen LogP contribution in [-0.4, -0.2) is 39.7 Å². The second kappa shape index (κ2) is 6.16. The number of aryl methyl sites for hydroxylation is 1. The molecule has 19 heavy (non-hydrogen) atoms. The topological polar surface area (TPSA) is 90.2 Å². The fourth-order valence-corrected chi connectivity index (χ4v) is 2.98. The van der Waals surface area contributed by atoms with E-state index in [-0.39, 0.29) is 18.5 Å². The molecule has 1 aromatic rings. The highest BCUT2D eigenvalue weighted by molar-refractivity contribution is 5.76. The third-order valence-corrected chi connectivity index (χ3v) is 3.87. The Kier molecular flexibility index (Phi) is 4.55. The van der Waals surface area contributed by atoms with Crippen molar-refractivity contribution in [3.63, 3.8) is 0 Å². The molecule has 4 N–H and O–H groups in total. The maximum absolute atomic E-state index is 11.3. The predicted molar refractivity (Wildman–Crippen MR) is 73.2 cm³/mol. The summed E-state index contributed by atoms with van der Waals surface area (Å²) in [5.41, 5.74) is 12.4. The van der Waals surface area contributed by atoms with Gasteiger partial charge in [-0.1, -0.05) is 12.8 Å². The molecule has 1 saturated carbocycles. The molecular formula is C13H23N5O. The zero-order valence-corrected chi connectivity index (χ0v) is 11.5. The fraction of sp³-hybridized carbons (Fsp3) is 0.692. The van der Waals surface area contributed by atoms with E-state index in [0.29, 0.717) is 12.6 Å². The van der Waals surface area contributed by atoms with Gasteiger partial charge in [0, 0.05) is 31.4 Å². The lowest BCUT2D eigenvalue weighted by Gasteiger charge is -2.34. The summed E-state index contributed by atoms with van der Waals surface area (Å²) in [6, 6.07) is 0.422. The molecule has 1 aliphatic rings. The molecule has 0 aliphatic heterocycles. The van der Waals surface area contributed by atoms with Crippen molar-refractivity contribution >= 4 is 5.91 Å². The summed E-state index contributed by atoms with van der Waals surface area (Å²) < 4.78 is 1.76. The van der Waals surface area contributed by atoms with E-state index in [9.17, 15) is 4.79 Å². The Morgan fingerprint density at radius 3 is 2.74 bits per heavy atom. The molecule has 0 bridgehead atoms. The van der Waals surface area contributed by atoms with Gasteiger partial charge in [0.05, 0.1) is 18.8 Å². The zero-order valence-electron chi connectivity index (χ0n) is 11.5. The molecule has 0 aromatic carbocycles. The molecule has 1 atom stereocenters. The average Bonchev–Trinajstić information content (AvgIpc) is 2.99. The Morgan fingerprint density at radius 1 is 1.58 bits per heavy atom. The normalized spacial score (nSPS) is 18.1. The molecule has 2 rings (SSSR count). The van der Waals surface area contributed by atoms with E-state index in [2.05, 4.69) is 10.00 Å². The van der Waals surface area contributed by atoms with Crippen molar-refractivity contribution < 1.29 is 4.79 Å². The van der Waals surface area contributed by atoms with Crippen LogP contribution < -0.4 is 11.5 Å². The summed E-state index contributed by atoms with van der Waals surface area (Å²) in [6.45, 7) is 0.733. The minimum Gasteiger partial charge on any atom is -0.369 e. The molecule has 0 spiro atoms. The summed E-state index contributed by atoms with van der Waals surface area (Å²) in [7, 11) is 1.88. The molecule has 1 aromatic heterocycles. The van der Waals surface area contributed by atoms with E-state index in [0.717, 1.165) is 18.4 Å². The maximum atomic E-state index is 11.3. The number of carbonyl (C=O) groups is 1. The summed E-state index contributed by atoms with van der Waals surface area (Å²) in [5.74, 6) is -0.297. The number of nitrogens with zero attached hydrogens (tertiary/aromatic N) is 3. The first-order valence-corrected chi connectivity index (χ1v) is 6.84. The molecule has 106 valence electrons. The summed E-state index contributed by atoms with van der Waals surface area (Å²) >= 11 is 0. The van der Waals surface area contributed by atoms with Crippen molar-refractivity contribution in [1.82, 2.24) is 14.7 Å². The lowest BCUT2D eigenvalue weighted by Crippen LogP contribution is -2.44.